The molecule has 3 amide bonds. The zero-order chi connectivity index (χ0) is 26.2. The Morgan fingerprint density at radius 3 is 2.31 bits per heavy atom. The molecule has 0 bridgehead atoms. The first-order chi connectivity index (χ1) is 16.4. The Kier molecular flexibility index (Phi) is 9.63. The maximum Gasteiger partial charge on any atom is 0.490 e. The predicted molar refractivity (Wildman–Crippen MR) is 116 cm³/mol. The van der Waals surface area contributed by atoms with Crippen LogP contribution in [0.15, 0.2) is 30.4 Å². The lowest BCUT2D eigenvalue weighted by Gasteiger charge is -2.14. The molecule has 2 heterocycles. The number of benzene rings is 1. The zero-order valence-electron chi connectivity index (χ0n) is 19.1. The van der Waals surface area contributed by atoms with Crippen molar-refractivity contribution in [3.63, 3.8) is 0 Å². The number of aliphatic carboxylic acids is 1. The van der Waals surface area contributed by atoms with Crippen molar-refractivity contribution in [1.29, 1.82) is 0 Å². The monoisotopic (exact) mass is 501 g/mol. The van der Waals surface area contributed by atoms with Gasteiger partial charge in [0.1, 0.15) is 0 Å². The third-order valence-electron chi connectivity index (χ3n) is 4.79. The first kappa shape index (κ1) is 27.6. The van der Waals surface area contributed by atoms with Crippen molar-refractivity contribution in [2.24, 2.45) is 0 Å². The predicted octanol–water partition coefficient (Wildman–Crippen LogP) is 1.39. The quantitative estimate of drug-likeness (QED) is 0.432. The van der Waals surface area contributed by atoms with Crippen LogP contribution in [0.2, 0.25) is 0 Å². The molecule has 0 aliphatic carbocycles. The molecule has 0 aromatic heterocycles. The second kappa shape index (κ2) is 12.2. The van der Waals surface area contributed by atoms with Crippen LogP contribution in [-0.2, 0) is 25.6 Å². The fourth-order valence-electron chi connectivity index (χ4n) is 3.18. The maximum absolute atomic E-state index is 12.0. The topological polar surface area (TPSA) is 134 Å². The van der Waals surface area contributed by atoms with E-state index in [0.29, 0.717) is 17.5 Å². The van der Waals surface area contributed by atoms with Crippen LogP contribution in [0.1, 0.15) is 25.8 Å². The molecule has 3 N–H and O–H groups in total. The van der Waals surface area contributed by atoms with E-state index in [2.05, 4.69) is 24.5 Å². The van der Waals surface area contributed by atoms with Crippen LogP contribution >= 0.6 is 0 Å². The summed E-state index contributed by atoms with van der Waals surface area (Å²) in [6.07, 6.45) is -2.37. The van der Waals surface area contributed by atoms with Gasteiger partial charge in [-0.1, -0.05) is 13.0 Å². The lowest BCUT2D eigenvalue weighted by Crippen LogP contribution is -2.39. The summed E-state index contributed by atoms with van der Waals surface area (Å²) in [5.74, 6) is -2.51. The Morgan fingerprint density at radius 1 is 1.14 bits per heavy atom. The highest BCUT2D eigenvalue weighted by Crippen LogP contribution is 2.35. The molecule has 2 aliphatic heterocycles. The molecule has 0 radical (unpaired) electrons. The van der Waals surface area contributed by atoms with Crippen molar-refractivity contribution < 1.29 is 46.9 Å². The van der Waals surface area contributed by atoms with Crippen LogP contribution in [0.25, 0.3) is 0 Å². The molecule has 2 atom stereocenters. The maximum atomic E-state index is 12.0. The Balaban J connectivity index is 0.000000540. The molecule has 0 fully saturated rings. The zero-order valence-corrected chi connectivity index (χ0v) is 19.1. The van der Waals surface area contributed by atoms with Crippen LogP contribution < -0.4 is 20.1 Å². The number of fused-ring (bicyclic) bond motifs is 1. The fourth-order valence-corrected chi connectivity index (χ4v) is 3.18. The van der Waals surface area contributed by atoms with Gasteiger partial charge in [-0.05, 0) is 37.6 Å². The molecule has 1 aromatic carbocycles. The summed E-state index contributed by atoms with van der Waals surface area (Å²) in [5, 5.41) is 13.2. The van der Waals surface area contributed by atoms with Crippen LogP contribution in [0, 0.1) is 0 Å². The molecule has 0 saturated carbocycles. The van der Waals surface area contributed by atoms with Crippen LogP contribution in [-0.4, -0.2) is 71.8 Å². The van der Waals surface area contributed by atoms with Gasteiger partial charge in [0.25, 0.3) is 18.1 Å². The highest BCUT2D eigenvalue weighted by molar-refractivity contribution is 6.13. The summed E-state index contributed by atoms with van der Waals surface area (Å²) in [4.78, 5) is 44.8. The van der Waals surface area contributed by atoms with Crippen LogP contribution in [0.4, 0.5) is 13.2 Å². The minimum atomic E-state index is -5.08. The van der Waals surface area contributed by atoms with Gasteiger partial charge in [-0.3, -0.25) is 19.3 Å². The van der Waals surface area contributed by atoms with Crippen molar-refractivity contribution in [3.8, 4) is 11.5 Å². The number of nitrogens with one attached hydrogen (secondary N) is 2. The minimum Gasteiger partial charge on any atom is -0.475 e. The van der Waals surface area contributed by atoms with E-state index in [1.54, 1.807) is 0 Å². The lowest BCUT2D eigenvalue weighted by atomic mass is 10.1. The van der Waals surface area contributed by atoms with Crippen molar-refractivity contribution in [3.05, 3.63) is 35.9 Å². The standard InChI is InChI=1S/C20H25N3O5.C2HF3O2/c1-3-21-13(2)10-14-4-5-15-16(11-14)28-20(27-15)12-22-17(24)8-9-23-18(25)6-7-19(23)26;3-2(4,5)1(6)7/h4-7,11,13,20-21H,3,8-10,12H2,1-2H3,(H,22,24);(H,6,7). The first-order valence-electron chi connectivity index (χ1n) is 10.7. The number of likely N-dealkylation sites (N-methyl/N-ethyl adjacent to an activating group) is 1. The number of halogens is 3. The number of alkyl halides is 3. The van der Waals surface area contributed by atoms with Crippen LogP contribution in [0.5, 0.6) is 11.5 Å². The Labute approximate surface area is 199 Å². The second-order valence-electron chi connectivity index (χ2n) is 7.63. The van der Waals surface area contributed by atoms with E-state index in [9.17, 15) is 27.6 Å². The summed E-state index contributed by atoms with van der Waals surface area (Å²) < 4.78 is 43.2. The summed E-state index contributed by atoms with van der Waals surface area (Å²) in [6.45, 7) is 5.36. The molecular weight excluding hydrogens is 475 g/mol. The van der Waals surface area contributed by atoms with Crippen molar-refractivity contribution in [1.82, 2.24) is 15.5 Å². The van der Waals surface area contributed by atoms with Gasteiger partial charge in [0.2, 0.25) is 5.91 Å². The molecule has 35 heavy (non-hydrogen) atoms. The average Bonchev–Trinajstić information content (AvgIpc) is 3.32. The smallest absolute Gasteiger partial charge is 0.475 e. The summed E-state index contributed by atoms with van der Waals surface area (Å²) in [5.41, 5.74) is 1.15. The van der Waals surface area contributed by atoms with E-state index in [4.69, 9.17) is 19.4 Å². The molecule has 13 heteroatoms. The van der Waals surface area contributed by atoms with Gasteiger partial charge in [0.05, 0.1) is 6.54 Å². The SMILES string of the molecule is CCNC(C)Cc1ccc2c(c1)OC(CNC(=O)CCN1C(=O)C=CC1=O)O2.O=C(O)C(F)(F)F. The largest absolute Gasteiger partial charge is 0.490 e. The number of carbonyl (C=O) groups excluding carboxylic acids is 3. The summed E-state index contributed by atoms with van der Waals surface area (Å²) >= 11 is 0. The van der Waals surface area contributed by atoms with Gasteiger partial charge in [-0.2, -0.15) is 13.2 Å². The number of carboxylic acids is 1. The van der Waals surface area contributed by atoms with E-state index in [1.165, 1.54) is 12.2 Å². The summed E-state index contributed by atoms with van der Waals surface area (Å²) in [7, 11) is 0. The summed E-state index contributed by atoms with van der Waals surface area (Å²) in [6, 6.07) is 6.21. The number of nitrogens with zero attached hydrogens (tertiary/aromatic N) is 1. The Hall–Kier alpha value is -3.61. The molecule has 0 saturated heterocycles. The molecule has 2 unspecified atom stereocenters. The number of imide groups is 1. The number of ether oxygens (including phenoxy) is 2. The highest BCUT2D eigenvalue weighted by Gasteiger charge is 2.38. The van der Waals surface area contributed by atoms with Gasteiger partial charge in [-0.15, -0.1) is 0 Å². The Morgan fingerprint density at radius 2 is 1.74 bits per heavy atom. The van der Waals surface area contributed by atoms with Gasteiger partial charge in [0, 0.05) is 31.2 Å². The fraction of sp³-hybridized carbons (Fsp3) is 0.455. The molecule has 3 rings (SSSR count). The molecule has 0 spiro atoms. The van der Waals surface area contributed by atoms with E-state index in [-0.39, 0.29) is 25.4 Å². The normalized spacial score (nSPS) is 17.2. The van der Waals surface area contributed by atoms with E-state index < -0.39 is 30.2 Å². The van der Waals surface area contributed by atoms with Gasteiger partial charge in [0.15, 0.2) is 11.5 Å². The number of carbonyl (C=O) groups is 4. The minimum absolute atomic E-state index is 0.0330. The molecule has 1 aromatic rings. The van der Waals surface area contributed by atoms with Crippen molar-refractivity contribution in [2.45, 2.75) is 45.2 Å². The Bertz CT molecular complexity index is 964. The number of hydrogen-bond acceptors (Lipinski definition) is 7. The van der Waals surface area contributed by atoms with E-state index in [0.717, 1.165) is 23.4 Å². The van der Waals surface area contributed by atoms with E-state index >= 15 is 0 Å². The van der Waals surface area contributed by atoms with E-state index in [1.807, 2.05) is 18.2 Å². The average molecular weight is 501 g/mol. The number of carboxylic acid groups (broad SMARTS) is 1. The van der Waals surface area contributed by atoms with Crippen LogP contribution in [0.3, 0.4) is 0 Å². The number of rotatable bonds is 9. The number of amides is 3. The van der Waals surface area contributed by atoms with Gasteiger partial charge < -0.3 is 25.2 Å². The second-order valence-corrected chi connectivity index (χ2v) is 7.63. The third kappa shape index (κ3) is 8.59. The number of hydrogen-bond donors (Lipinski definition) is 3. The molecule has 2 aliphatic rings. The molecule has 10 nitrogen and oxygen atoms in total. The lowest BCUT2D eigenvalue weighted by molar-refractivity contribution is -0.192. The highest BCUT2D eigenvalue weighted by atomic mass is 19.4. The third-order valence-corrected chi connectivity index (χ3v) is 4.79. The van der Waals surface area contributed by atoms with Crippen molar-refractivity contribution in [2.75, 3.05) is 19.6 Å². The van der Waals surface area contributed by atoms with Crippen molar-refractivity contribution >= 4 is 23.7 Å². The van der Waals surface area contributed by atoms with Gasteiger partial charge >= 0.3 is 12.1 Å². The molecule has 192 valence electrons. The van der Waals surface area contributed by atoms with Gasteiger partial charge in [-0.25, -0.2) is 4.79 Å². The first-order valence-corrected chi connectivity index (χ1v) is 10.7. The molecular formula is C22H26F3N3O7.